The number of methoxy groups -OCH3 is 2. The zero-order valence-corrected chi connectivity index (χ0v) is 16.0. The Bertz CT molecular complexity index is 1020. The number of carbonyl (C=O) groups excluding carboxylic acids is 1. The molecular weight excluding hydrogens is 395 g/mol. The Morgan fingerprint density at radius 1 is 1.18 bits per heavy atom. The molecule has 0 bridgehead atoms. The molecule has 0 unspecified atom stereocenters. The lowest BCUT2D eigenvalue weighted by atomic mass is 10.2. The topological polar surface area (TPSA) is 73.3 Å². The Labute approximate surface area is 162 Å². The minimum Gasteiger partial charge on any atom is -0.480 e. The largest absolute Gasteiger partial charge is 0.480 e. The molecule has 0 spiro atoms. The van der Waals surface area contributed by atoms with Crippen LogP contribution in [0.4, 0.5) is 18.9 Å². The van der Waals surface area contributed by atoms with Crippen molar-refractivity contribution in [1.29, 1.82) is 0 Å². The van der Waals surface area contributed by atoms with Gasteiger partial charge in [0.1, 0.15) is 11.4 Å². The van der Waals surface area contributed by atoms with E-state index in [0.29, 0.717) is 32.4 Å². The van der Waals surface area contributed by atoms with Gasteiger partial charge in [-0.15, -0.1) is 11.3 Å². The van der Waals surface area contributed by atoms with Crippen LogP contribution in [0.25, 0.3) is 10.2 Å². The third-order valence-corrected chi connectivity index (χ3v) is 5.13. The number of aryl methyl sites for hydroxylation is 1. The van der Waals surface area contributed by atoms with E-state index in [9.17, 15) is 18.0 Å². The molecule has 6 nitrogen and oxygen atoms in total. The third kappa shape index (κ3) is 3.92. The van der Waals surface area contributed by atoms with Crippen molar-refractivity contribution in [2.24, 2.45) is 0 Å². The Balaban J connectivity index is 1.92. The van der Waals surface area contributed by atoms with E-state index in [4.69, 9.17) is 9.47 Å². The number of nitrogens with one attached hydrogen (secondary N) is 1. The summed E-state index contributed by atoms with van der Waals surface area (Å²) in [4.78, 5) is 22.2. The number of anilines is 1. The maximum atomic E-state index is 12.7. The number of hydrogen-bond donors (Lipinski definition) is 1. The molecular formula is C18H16F3N3O3S. The molecule has 0 saturated carbocycles. The predicted molar refractivity (Wildman–Crippen MR) is 98.8 cm³/mol. The van der Waals surface area contributed by atoms with Crippen LogP contribution in [0.5, 0.6) is 5.88 Å². The quantitative estimate of drug-likeness (QED) is 0.673. The van der Waals surface area contributed by atoms with Crippen LogP contribution >= 0.6 is 11.3 Å². The average Bonchev–Trinajstić information content (AvgIpc) is 2.98. The molecule has 28 heavy (non-hydrogen) atoms. The Kier molecular flexibility index (Phi) is 5.52. The molecule has 3 rings (SSSR count). The van der Waals surface area contributed by atoms with Crippen molar-refractivity contribution in [2.45, 2.75) is 19.7 Å². The van der Waals surface area contributed by atoms with Crippen LogP contribution < -0.4 is 10.1 Å². The molecule has 148 valence electrons. The number of benzene rings is 1. The molecule has 2 heterocycles. The number of fused-ring (bicyclic) bond motifs is 1. The lowest BCUT2D eigenvalue weighted by molar-refractivity contribution is -0.137. The van der Waals surface area contributed by atoms with Gasteiger partial charge in [-0.1, -0.05) is 0 Å². The zero-order valence-electron chi connectivity index (χ0n) is 15.2. The summed E-state index contributed by atoms with van der Waals surface area (Å²) in [6, 6.07) is 4.25. The van der Waals surface area contributed by atoms with Crippen molar-refractivity contribution in [2.75, 3.05) is 19.5 Å². The Morgan fingerprint density at radius 2 is 1.86 bits per heavy atom. The van der Waals surface area contributed by atoms with Crippen LogP contribution in [0.15, 0.2) is 24.3 Å². The monoisotopic (exact) mass is 411 g/mol. The predicted octanol–water partition coefficient (Wildman–Crippen LogP) is 4.43. The van der Waals surface area contributed by atoms with Gasteiger partial charge in [-0.2, -0.15) is 18.2 Å². The van der Waals surface area contributed by atoms with Crippen LogP contribution in [0.3, 0.4) is 0 Å². The highest BCUT2D eigenvalue weighted by Gasteiger charge is 2.30. The fourth-order valence-corrected chi connectivity index (χ4v) is 3.72. The van der Waals surface area contributed by atoms with Crippen molar-refractivity contribution in [3.8, 4) is 5.88 Å². The first-order chi connectivity index (χ1) is 13.2. The van der Waals surface area contributed by atoms with Crippen LogP contribution in [-0.4, -0.2) is 30.1 Å². The molecule has 0 atom stereocenters. The van der Waals surface area contributed by atoms with E-state index in [1.165, 1.54) is 26.4 Å². The maximum absolute atomic E-state index is 12.7. The second-order valence-corrected chi connectivity index (χ2v) is 6.85. The molecule has 0 saturated heterocycles. The van der Waals surface area contributed by atoms with E-state index in [0.717, 1.165) is 23.5 Å². The van der Waals surface area contributed by atoms with E-state index < -0.39 is 17.6 Å². The summed E-state index contributed by atoms with van der Waals surface area (Å²) in [6.45, 7) is 1.93. The van der Waals surface area contributed by atoms with Gasteiger partial charge in [-0.05, 0) is 36.8 Å². The standard InChI is InChI=1S/C18H16F3N3O3S/c1-9-13-16(27-3)23-12(8-26-2)24-17(13)28-14(9)15(25)22-11-6-4-10(5-7-11)18(19,20)21/h4-7H,8H2,1-3H3,(H,22,25). The first-order valence-electron chi connectivity index (χ1n) is 8.06. The Hall–Kier alpha value is -2.72. The number of alkyl halides is 3. The normalized spacial score (nSPS) is 11.6. The zero-order chi connectivity index (χ0) is 20.5. The number of ether oxygens (including phenoxy) is 2. The van der Waals surface area contributed by atoms with Crippen LogP contribution in [0, 0.1) is 6.92 Å². The van der Waals surface area contributed by atoms with E-state index in [-0.39, 0.29) is 12.3 Å². The van der Waals surface area contributed by atoms with Gasteiger partial charge in [0.05, 0.1) is 22.9 Å². The maximum Gasteiger partial charge on any atom is 0.416 e. The molecule has 1 amide bonds. The summed E-state index contributed by atoms with van der Waals surface area (Å²) in [7, 11) is 2.99. The number of amides is 1. The lowest BCUT2D eigenvalue weighted by Crippen LogP contribution is -2.12. The number of halogens is 3. The molecule has 1 N–H and O–H groups in total. The average molecular weight is 411 g/mol. The van der Waals surface area contributed by atoms with Gasteiger partial charge in [0.2, 0.25) is 5.88 Å². The Morgan fingerprint density at radius 3 is 2.43 bits per heavy atom. The summed E-state index contributed by atoms with van der Waals surface area (Å²) in [6.07, 6.45) is -4.43. The highest BCUT2D eigenvalue weighted by atomic mass is 32.1. The highest BCUT2D eigenvalue weighted by molar-refractivity contribution is 7.20. The number of aromatic nitrogens is 2. The van der Waals surface area contributed by atoms with Gasteiger partial charge < -0.3 is 14.8 Å². The van der Waals surface area contributed by atoms with Crippen molar-refractivity contribution in [1.82, 2.24) is 9.97 Å². The van der Waals surface area contributed by atoms with Gasteiger partial charge >= 0.3 is 6.18 Å². The van der Waals surface area contributed by atoms with Gasteiger partial charge in [0, 0.05) is 12.8 Å². The van der Waals surface area contributed by atoms with Gasteiger partial charge in [-0.25, -0.2) is 4.98 Å². The molecule has 0 fully saturated rings. The molecule has 0 aliphatic rings. The molecule has 2 aromatic heterocycles. The molecule has 10 heteroatoms. The molecule has 0 aliphatic carbocycles. The van der Waals surface area contributed by atoms with Gasteiger partial charge in [0.15, 0.2) is 5.82 Å². The third-order valence-electron chi connectivity index (χ3n) is 3.95. The first-order valence-corrected chi connectivity index (χ1v) is 8.87. The summed E-state index contributed by atoms with van der Waals surface area (Å²) >= 11 is 1.15. The molecule has 1 aromatic carbocycles. The second-order valence-electron chi connectivity index (χ2n) is 5.85. The minimum atomic E-state index is -4.43. The second kappa shape index (κ2) is 7.72. The summed E-state index contributed by atoms with van der Waals surface area (Å²) in [5, 5.41) is 3.22. The summed E-state index contributed by atoms with van der Waals surface area (Å²) in [5.41, 5.74) is 0.104. The summed E-state index contributed by atoms with van der Waals surface area (Å²) in [5.74, 6) is 0.304. The minimum absolute atomic E-state index is 0.191. The number of nitrogens with zero attached hydrogens (tertiary/aromatic N) is 2. The number of rotatable bonds is 5. The molecule has 0 aliphatic heterocycles. The number of hydrogen-bond acceptors (Lipinski definition) is 6. The SMILES string of the molecule is COCc1nc(OC)c2c(C)c(C(=O)Nc3ccc(C(F)(F)F)cc3)sc2n1. The van der Waals surface area contributed by atoms with Crippen molar-refractivity contribution in [3.05, 3.63) is 46.1 Å². The molecule has 3 aromatic rings. The van der Waals surface area contributed by atoms with E-state index >= 15 is 0 Å². The van der Waals surface area contributed by atoms with Crippen molar-refractivity contribution in [3.63, 3.8) is 0 Å². The van der Waals surface area contributed by atoms with Crippen LogP contribution in [0.1, 0.15) is 26.6 Å². The number of thiophene rings is 1. The number of carbonyl (C=O) groups is 1. The fraction of sp³-hybridized carbons (Fsp3) is 0.278. The molecule has 0 radical (unpaired) electrons. The smallest absolute Gasteiger partial charge is 0.416 e. The van der Waals surface area contributed by atoms with Gasteiger partial charge in [-0.3, -0.25) is 4.79 Å². The van der Waals surface area contributed by atoms with E-state index in [1.807, 2.05) is 0 Å². The van der Waals surface area contributed by atoms with E-state index in [2.05, 4.69) is 15.3 Å². The van der Waals surface area contributed by atoms with Crippen LogP contribution in [0.2, 0.25) is 0 Å². The highest BCUT2D eigenvalue weighted by Crippen LogP contribution is 2.35. The van der Waals surface area contributed by atoms with Crippen molar-refractivity contribution >= 4 is 33.1 Å². The van der Waals surface area contributed by atoms with E-state index in [1.54, 1.807) is 6.92 Å². The first kappa shape index (κ1) is 20.0. The fourth-order valence-electron chi connectivity index (χ4n) is 2.63. The van der Waals surface area contributed by atoms with Gasteiger partial charge in [0.25, 0.3) is 5.91 Å². The van der Waals surface area contributed by atoms with Crippen molar-refractivity contribution < 1.29 is 27.4 Å². The lowest BCUT2D eigenvalue weighted by Gasteiger charge is -2.08. The van der Waals surface area contributed by atoms with Crippen LogP contribution in [-0.2, 0) is 17.5 Å². The summed E-state index contributed by atoms with van der Waals surface area (Å²) < 4.78 is 48.3.